The fourth-order valence-electron chi connectivity index (χ4n) is 3.71. The first-order valence-electron chi connectivity index (χ1n) is 11.6. The molecule has 36 heavy (non-hydrogen) atoms. The van der Waals surface area contributed by atoms with Crippen molar-refractivity contribution in [1.29, 1.82) is 0 Å². The van der Waals surface area contributed by atoms with Crippen LogP contribution in [0.4, 0.5) is 21.8 Å². The molecule has 1 aliphatic rings. The Bertz CT molecular complexity index is 1280. The molecule has 0 aliphatic carbocycles. The molecule has 0 fully saturated rings. The monoisotopic (exact) mass is 487 g/mol. The number of anilines is 3. The molecule has 3 aromatic rings. The van der Waals surface area contributed by atoms with E-state index in [-0.39, 0.29) is 17.6 Å². The predicted octanol–water partition coefficient (Wildman–Crippen LogP) is 4.24. The van der Waals surface area contributed by atoms with Gasteiger partial charge in [0.2, 0.25) is 5.95 Å². The van der Waals surface area contributed by atoms with Gasteiger partial charge in [-0.25, -0.2) is 9.37 Å². The maximum atomic E-state index is 13.5. The van der Waals surface area contributed by atoms with Gasteiger partial charge < -0.3 is 15.4 Å². The van der Waals surface area contributed by atoms with Gasteiger partial charge >= 0.3 is 0 Å². The molecule has 2 N–H and O–H groups in total. The molecule has 0 spiro atoms. The summed E-state index contributed by atoms with van der Waals surface area (Å²) in [5.74, 6) is 6.13. The van der Waals surface area contributed by atoms with Gasteiger partial charge in [-0.15, -0.1) is 0 Å². The second-order valence-electron chi connectivity index (χ2n) is 8.08. The zero-order chi connectivity index (χ0) is 25.3. The Kier molecular flexibility index (Phi) is 8.21. The maximum absolute atomic E-state index is 13.5. The number of ether oxygens (including phenoxy) is 1. The van der Waals surface area contributed by atoms with E-state index in [0.717, 1.165) is 6.42 Å². The number of nitrogens with zero attached hydrogens (tertiary/aromatic N) is 3. The van der Waals surface area contributed by atoms with Crippen LogP contribution in [0.1, 0.15) is 45.5 Å². The summed E-state index contributed by atoms with van der Waals surface area (Å²) in [7, 11) is 1.64. The van der Waals surface area contributed by atoms with Crippen molar-refractivity contribution < 1.29 is 18.7 Å². The number of nitrogens with one attached hydrogen (secondary N) is 2. The molecule has 2 amide bonds. The van der Waals surface area contributed by atoms with Gasteiger partial charge in [0.15, 0.2) is 0 Å². The lowest BCUT2D eigenvalue weighted by Gasteiger charge is -2.12. The third-order valence-corrected chi connectivity index (χ3v) is 5.47. The average Bonchev–Trinajstić information content (AvgIpc) is 3.12. The smallest absolute Gasteiger partial charge is 0.261 e. The SMILES string of the molecule is COCCCNc1nc(Nc2cccc(F)c2)ncc1C#CCCCN1C(=O)c2ccccc2C1=O. The van der Waals surface area contributed by atoms with E-state index in [1.807, 2.05) is 0 Å². The third-order valence-electron chi connectivity index (χ3n) is 5.47. The topological polar surface area (TPSA) is 96.4 Å². The number of unbranched alkanes of at least 4 members (excludes halogenated alkanes) is 1. The molecular weight excluding hydrogens is 461 g/mol. The van der Waals surface area contributed by atoms with Gasteiger partial charge in [0.1, 0.15) is 11.6 Å². The number of carbonyl (C=O) groups is 2. The summed E-state index contributed by atoms with van der Waals surface area (Å²) >= 11 is 0. The van der Waals surface area contributed by atoms with Crippen molar-refractivity contribution in [2.24, 2.45) is 0 Å². The lowest BCUT2D eigenvalue weighted by Crippen LogP contribution is -2.30. The minimum Gasteiger partial charge on any atom is -0.385 e. The number of rotatable bonds is 10. The number of benzene rings is 2. The molecule has 1 aromatic heterocycles. The largest absolute Gasteiger partial charge is 0.385 e. The molecular formula is C27H26FN5O3. The molecule has 0 saturated carbocycles. The second kappa shape index (κ2) is 11.9. The summed E-state index contributed by atoms with van der Waals surface area (Å²) in [5, 5.41) is 6.24. The minimum atomic E-state index is -0.360. The zero-order valence-electron chi connectivity index (χ0n) is 19.9. The first-order valence-corrected chi connectivity index (χ1v) is 11.6. The number of carbonyl (C=O) groups excluding carboxylic acids is 2. The Balaban J connectivity index is 1.39. The minimum absolute atomic E-state index is 0.263. The van der Waals surface area contributed by atoms with E-state index in [2.05, 4.69) is 32.4 Å². The van der Waals surface area contributed by atoms with Gasteiger partial charge in [0.05, 0.1) is 22.9 Å². The van der Waals surface area contributed by atoms with Gasteiger partial charge in [-0.3, -0.25) is 14.5 Å². The number of hydrogen-bond acceptors (Lipinski definition) is 7. The van der Waals surface area contributed by atoms with Crippen LogP contribution in [0.25, 0.3) is 0 Å². The van der Waals surface area contributed by atoms with Gasteiger partial charge in [-0.05, 0) is 43.2 Å². The predicted molar refractivity (Wildman–Crippen MR) is 135 cm³/mol. The van der Waals surface area contributed by atoms with Crippen molar-refractivity contribution in [2.45, 2.75) is 19.3 Å². The maximum Gasteiger partial charge on any atom is 0.261 e. The molecule has 0 atom stereocenters. The molecule has 0 saturated heterocycles. The fraction of sp³-hybridized carbons (Fsp3) is 0.259. The van der Waals surface area contributed by atoms with Crippen LogP contribution in [-0.4, -0.2) is 53.5 Å². The number of halogens is 1. The standard InChI is InChI=1S/C27H26FN5O3/c1-36-16-8-14-29-24-19(18-30-27(32-24)31-21-11-7-10-20(28)17-21)9-3-2-6-15-33-25(34)22-12-4-5-13-23(22)26(33)35/h4-5,7,10-13,17-18H,2,6,8,14-16H2,1H3,(H2,29,30,31,32). The Morgan fingerprint density at radius 2 is 1.83 bits per heavy atom. The first-order chi connectivity index (χ1) is 17.6. The molecule has 2 aromatic carbocycles. The highest BCUT2D eigenvalue weighted by Gasteiger charge is 2.34. The Labute approximate surface area is 208 Å². The highest BCUT2D eigenvalue weighted by molar-refractivity contribution is 6.21. The quantitative estimate of drug-likeness (QED) is 0.251. The molecule has 4 rings (SSSR count). The van der Waals surface area contributed by atoms with Crippen LogP contribution in [0.15, 0.2) is 54.7 Å². The molecule has 184 valence electrons. The van der Waals surface area contributed by atoms with Gasteiger partial charge in [0, 0.05) is 38.9 Å². The van der Waals surface area contributed by atoms with Crippen LogP contribution >= 0.6 is 0 Å². The summed E-state index contributed by atoms with van der Waals surface area (Å²) in [6.07, 6.45) is 3.42. The van der Waals surface area contributed by atoms with Gasteiger partial charge in [-0.1, -0.05) is 30.0 Å². The van der Waals surface area contributed by atoms with Gasteiger partial charge in [0.25, 0.3) is 11.8 Å². The second-order valence-corrected chi connectivity index (χ2v) is 8.08. The van der Waals surface area contributed by atoms with E-state index in [1.54, 1.807) is 49.7 Å². The van der Waals surface area contributed by atoms with Crippen LogP contribution in [0.2, 0.25) is 0 Å². The van der Waals surface area contributed by atoms with Crippen LogP contribution in [0.5, 0.6) is 0 Å². The van der Waals surface area contributed by atoms with Crippen LogP contribution in [-0.2, 0) is 4.74 Å². The average molecular weight is 488 g/mol. The van der Waals surface area contributed by atoms with E-state index < -0.39 is 0 Å². The van der Waals surface area contributed by atoms with Crippen molar-refractivity contribution in [2.75, 3.05) is 37.4 Å². The van der Waals surface area contributed by atoms with E-state index in [1.165, 1.54) is 17.0 Å². The van der Waals surface area contributed by atoms with Gasteiger partial charge in [-0.2, -0.15) is 4.98 Å². The normalized spacial score (nSPS) is 12.2. The first kappa shape index (κ1) is 24.8. The third kappa shape index (κ3) is 6.03. The number of aromatic nitrogens is 2. The van der Waals surface area contributed by atoms with Crippen LogP contribution in [0.3, 0.4) is 0 Å². The van der Waals surface area contributed by atoms with E-state index in [9.17, 15) is 14.0 Å². The molecule has 1 aliphatic heterocycles. The number of methoxy groups -OCH3 is 1. The Morgan fingerprint density at radius 3 is 2.56 bits per heavy atom. The lowest BCUT2D eigenvalue weighted by atomic mass is 10.1. The molecule has 2 heterocycles. The number of imide groups is 1. The highest BCUT2D eigenvalue weighted by Crippen LogP contribution is 2.23. The van der Waals surface area contributed by atoms with E-state index in [0.29, 0.717) is 66.7 Å². The summed E-state index contributed by atoms with van der Waals surface area (Å²) in [5.41, 5.74) is 2.04. The summed E-state index contributed by atoms with van der Waals surface area (Å²) in [4.78, 5) is 35.0. The van der Waals surface area contributed by atoms with Crippen molar-refractivity contribution in [3.8, 4) is 11.8 Å². The molecule has 9 heteroatoms. The lowest BCUT2D eigenvalue weighted by molar-refractivity contribution is 0.0653. The van der Waals surface area contributed by atoms with Crippen molar-refractivity contribution in [3.05, 3.63) is 77.2 Å². The van der Waals surface area contributed by atoms with Crippen molar-refractivity contribution in [1.82, 2.24) is 14.9 Å². The van der Waals surface area contributed by atoms with Crippen molar-refractivity contribution in [3.63, 3.8) is 0 Å². The molecule has 8 nitrogen and oxygen atoms in total. The highest BCUT2D eigenvalue weighted by atomic mass is 19.1. The molecule has 0 unspecified atom stereocenters. The fourth-order valence-corrected chi connectivity index (χ4v) is 3.71. The van der Waals surface area contributed by atoms with Crippen molar-refractivity contribution >= 4 is 29.3 Å². The zero-order valence-corrected chi connectivity index (χ0v) is 19.9. The molecule has 0 bridgehead atoms. The summed E-state index contributed by atoms with van der Waals surface area (Å²) in [6, 6.07) is 12.9. The summed E-state index contributed by atoms with van der Waals surface area (Å²) < 4.78 is 18.6. The number of fused-ring (bicyclic) bond motifs is 1. The van der Waals surface area contributed by atoms with Crippen LogP contribution < -0.4 is 10.6 Å². The van der Waals surface area contributed by atoms with E-state index >= 15 is 0 Å². The Morgan fingerprint density at radius 1 is 1.06 bits per heavy atom. The number of hydrogen-bond donors (Lipinski definition) is 2. The summed E-state index contributed by atoms with van der Waals surface area (Å²) in [6.45, 7) is 1.53. The van der Waals surface area contributed by atoms with Crippen LogP contribution in [0, 0.1) is 17.7 Å². The molecule has 0 radical (unpaired) electrons. The van der Waals surface area contributed by atoms with E-state index in [4.69, 9.17) is 4.74 Å². The number of amides is 2. The Hall–Kier alpha value is -4.29.